The SMILES string of the molecule is CCCC(CCO)CNC/C=C/CCl. The number of aliphatic hydroxyl groups is 1. The van der Waals surface area contributed by atoms with Crippen LogP contribution in [0.15, 0.2) is 12.2 Å². The lowest BCUT2D eigenvalue weighted by atomic mass is 10.0. The topological polar surface area (TPSA) is 32.3 Å². The standard InChI is InChI=1S/C11H22ClNO/c1-2-5-11(6-9-14)10-13-8-4-3-7-12/h3-4,11,13-14H,2,5-10H2,1H3/b4-3+. The third-order valence-corrected chi connectivity index (χ3v) is 2.36. The van der Waals surface area contributed by atoms with Crippen LogP contribution in [0.1, 0.15) is 26.2 Å². The van der Waals surface area contributed by atoms with Gasteiger partial charge in [0.15, 0.2) is 0 Å². The molecule has 0 saturated heterocycles. The van der Waals surface area contributed by atoms with Gasteiger partial charge in [0.25, 0.3) is 0 Å². The van der Waals surface area contributed by atoms with Crippen molar-refractivity contribution in [2.45, 2.75) is 26.2 Å². The lowest BCUT2D eigenvalue weighted by Gasteiger charge is -2.14. The summed E-state index contributed by atoms with van der Waals surface area (Å²) in [5, 5.41) is 12.2. The third-order valence-electron chi connectivity index (χ3n) is 2.19. The van der Waals surface area contributed by atoms with E-state index in [0.717, 1.165) is 19.5 Å². The van der Waals surface area contributed by atoms with Gasteiger partial charge in [-0.3, -0.25) is 0 Å². The molecule has 0 spiro atoms. The number of allylic oxidation sites excluding steroid dienone is 1. The molecule has 84 valence electrons. The molecule has 0 fully saturated rings. The summed E-state index contributed by atoms with van der Waals surface area (Å²) in [6, 6.07) is 0. The van der Waals surface area contributed by atoms with Crippen LogP contribution < -0.4 is 5.32 Å². The van der Waals surface area contributed by atoms with Gasteiger partial charge in [-0.05, 0) is 25.3 Å². The van der Waals surface area contributed by atoms with Crippen LogP contribution in [0.3, 0.4) is 0 Å². The van der Waals surface area contributed by atoms with Crippen molar-refractivity contribution < 1.29 is 5.11 Å². The largest absolute Gasteiger partial charge is 0.396 e. The summed E-state index contributed by atoms with van der Waals surface area (Å²) in [4.78, 5) is 0. The lowest BCUT2D eigenvalue weighted by Crippen LogP contribution is -2.23. The zero-order valence-corrected chi connectivity index (χ0v) is 9.76. The van der Waals surface area contributed by atoms with Crippen molar-refractivity contribution in [3.63, 3.8) is 0 Å². The van der Waals surface area contributed by atoms with E-state index in [1.54, 1.807) is 0 Å². The maximum atomic E-state index is 8.84. The second-order valence-electron chi connectivity index (χ2n) is 3.45. The zero-order valence-electron chi connectivity index (χ0n) is 9.01. The van der Waals surface area contributed by atoms with Gasteiger partial charge in [0.2, 0.25) is 0 Å². The van der Waals surface area contributed by atoms with E-state index in [1.807, 2.05) is 12.2 Å². The Labute approximate surface area is 92.3 Å². The summed E-state index contributed by atoms with van der Waals surface area (Å²) in [6.45, 7) is 4.33. The van der Waals surface area contributed by atoms with Gasteiger partial charge in [-0.2, -0.15) is 0 Å². The molecule has 2 N–H and O–H groups in total. The Morgan fingerprint density at radius 3 is 2.71 bits per heavy atom. The number of rotatable bonds is 9. The summed E-state index contributed by atoms with van der Waals surface area (Å²) in [5.41, 5.74) is 0. The van der Waals surface area contributed by atoms with Gasteiger partial charge in [-0.1, -0.05) is 25.5 Å². The highest BCUT2D eigenvalue weighted by atomic mass is 35.5. The van der Waals surface area contributed by atoms with E-state index in [0.29, 0.717) is 18.4 Å². The van der Waals surface area contributed by atoms with E-state index in [-0.39, 0.29) is 0 Å². The first-order valence-corrected chi connectivity index (χ1v) is 5.91. The first-order chi connectivity index (χ1) is 6.85. The minimum Gasteiger partial charge on any atom is -0.396 e. The van der Waals surface area contributed by atoms with Gasteiger partial charge in [0, 0.05) is 19.0 Å². The second kappa shape index (κ2) is 11.0. The average Bonchev–Trinajstić information content (AvgIpc) is 2.18. The number of nitrogens with one attached hydrogen (secondary N) is 1. The Balaban J connectivity index is 3.44. The van der Waals surface area contributed by atoms with Crippen molar-refractivity contribution in [2.24, 2.45) is 5.92 Å². The van der Waals surface area contributed by atoms with Crippen LogP contribution in [0.5, 0.6) is 0 Å². The molecule has 0 aliphatic rings. The van der Waals surface area contributed by atoms with Gasteiger partial charge in [-0.25, -0.2) is 0 Å². The summed E-state index contributed by atoms with van der Waals surface area (Å²) >= 11 is 5.49. The van der Waals surface area contributed by atoms with Crippen LogP contribution in [-0.4, -0.2) is 30.7 Å². The molecule has 1 unspecified atom stereocenters. The molecule has 0 aliphatic carbocycles. The molecule has 14 heavy (non-hydrogen) atoms. The number of alkyl halides is 1. The molecular weight excluding hydrogens is 198 g/mol. The summed E-state index contributed by atoms with van der Waals surface area (Å²) in [7, 11) is 0. The molecule has 3 heteroatoms. The molecule has 0 aliphatic heterocycles. The third kappa shape index (κ3) is 8.54. The van der Waals surface area contributed by atoms with Gasteiger partial charge in [-0.15, -0.1) is 11.6 Å². The minimum atomic E-state index is 0.296. The Morgan fingerprint density at radius 1 is 1.36 bits per heavy atom. The van der Waals surface area contributed by atoms with E-state index in [9.17, 15) is 0 Å². The highest BCUT2D eigenvalue weighted by molar-refractivity contribution is 6.18. The molecule has 0 rings (SSSR count). The molecular formula is C11H22ClNO. The Hall–Kier alpha value is -0.0500. The predicted molar refractivity (Wildman–Crippen MR) is 62.8 cm³/mol. The zero-order chi connectivity index (χ0) is 10.6. The predicted octanol–water partition coefficient (Wildman–Crippen LogP) is 2.17. The summed E-state index contributed by atoms with van der Waals surface area (Å²) < 4.78 is 0. The quantitative estimate of drug-likeness (QED) is 0.354. The highest BCUT2D eigenvalue weighted by Crippen LogP contribution is 2.08. The number of aliphatic hydroxyl groups excluding tert-OH is 1. The van der Waals surface area contributed by atoms with Crippen LogP contribution >= 0.6 is 11.6 Å². The van der Waals surface area contributed by atoms with E-state index in [2.05, 4.69) is 12.2 Å². The van der Waals surface area contributed by atoms with E-state index in [1.165, 1.54) is 12.8 Å². The van der Waals surface area contributed by atoms with Crippen molar-refractivity contribution >= 4 is 11.6 Å². The molecule has 2 nitrogen and oxygen atoms in total. The van der Waals surface area contributed by atoms with Gasteiger partial charge >= 0.3 is 0 Å². The first kappa shape index (κ1) is 13.9. The number of halogens is 1. The second-order valence-corrected chi connectivity index (χ2v) is 3.76. The van der Waals surface area contributed by atoms with Crippen LogP contribution in [0, 0.1) is 5.92 Å². The average molecular weight is 220 g/mol. The first-order valence-electron chi connectivity index (χ1n) is 5.37. The highest BCUT2D eigenvalue weighted by Gasteiger charge is 2.05. The van der Waals surface area contributed by atoms with Gasteiger partial charge < -0.3 is 10.4 Å². The van der Waals surface area contributed by atoms with Crippen molar-refractivity contribution in [3.05, 3.63) is 12.2 Å². The van der Waals surface area contributed by atoms with Crippen LogP contribution in [0.25, 0.3) is 0 Å². The minimum absolute atomic E-state index is 0.296. The molecule has 1 atom stereocenters. The summed E-state index contributed by atoms with van der Waals surface area (Å²) in [6.07, 6.45) is 7.25. The molecule has 0 aromatic rings. The lowest BCUT2D eigenvalue weighted by molar-refractivity contribution is 0.249. The number of hydrogen-bond acceptors (Lipinski definition) is 2. The fourth-order valence-corrected chi connectivity index (χ4v) is 1.58. The van der Waals surface area contributed by atoms with Crippen molar-refractivity contribution in [1.29, 1.82) is 0 Å². The Kier molecular flexibility index (Phi) is 11.0. The molecule has 0 radical (unpaired) electrons. The van der Waals surface area contributed by atoms with Crippen LogP contribution in [0.4, 0.5) is 0 Å². The van der Waals surface area contributed by atoms with Gasteiger partial charge in [0.1, 0.15) is 0 Å². The molecule has 0 saturated carbocycles. The fraction of sp³-hybridized carbons (Fsp3) is 0.818. The van der Waals surface area contributed by atoms with Crippen molar-refractivity contribution in [2.75, 3.05) is 25.6 Å². The van der Waals surface area contributed by atoms with Crippen molar-refractivity contribution in [3.8, 4) is 0 Å². The Bertz CT molecular complexity index is 133. The molecule has 0 bridgehead atoms. The fourth-order valence-electron chi connectivity index (χ4n) is 1.46. The van der Waals surface area contributed by atoms with Crippen LogP contribution in [-0.2, 0) is 0 Å². The maximum absolute atomic E-state index is 8.84. The molecule has 0 aromatic carbocycles. The molecule has 0 aromatic heterocycles. The van der Waals surface area contributed by atoms with E-state index in [4.69, 9.17) is 16.7 Å². The monoisotopic (exact) mass is 219 g/mol. The summed E-state index contributed by atoms with van der Waals surface area (Å²) in [5.74, 6) is 1.19. The van der Waals surface area contributed by atoms with E-state index < -0.39 is 0 Å². The van der Waals surface area contributed by atoms with Crippen molar-refractivity contribution in [1.82, 2.24) is 5.32 Å². The number of hydrogen-bond donors (Lipinski definition) is 2. The normalized spacial score (nSPS) is 13.6. The molecule has 0 amide bonds. The Morgan fingerprint density at radius 2 is 2.14 bits per heavy atom. The van der Waals surface area contributed by atoms with Crippen LogP contribution in [0.2, 0.25) is 0 Å². The molecule has 0 heterocycles. The smallest absolute Gasteiger partial charge is 0.0434 e. The van der Waals surface area contributed by atoms with E-state index >= 15 is 0 Å². The maximum Gasteiger partial charge on any atom is 0.0434 e. The van der Waals surface area contributed by atoms with Gasteiger partial charge in [0.05, 0.1) is 0 Å².